The van der Waals surface area contributed by atoms with Gasteiger partial charge in [0.15, 0.2) is 5.75 Å². The normalized spacial score (nSPS) is 12.9. The zero-order chi connectivity index (χ0) is 16.0. The summed E-state index contributed by atoms with van der Waals surface area (Å²) in [6.07, 6.45) is 1.03. The van der Waals surface area contributed by atoms with Crippen molar-refractivity contribution in [3.63, 3.8) is 0 Å². The second-order valence-electron chi connectivity index (χ2n) is 5.00. The van der Waals surface area contributed by atoms with Gasteiger partial charge in [-0.1, -0.05) is 13.0 Å². The average Bonchev–Trinajstić information content (AvgIpc) is 2.37. The third kappa shape index (κ3) is 6.77. The molecule has 0 aliphatic heterocycles. The van der Waals surface area contributed by atoms with Crippen LogP contribution in [0.15, 0.2) is 18.2 Å². The van der Waals surface area contributed by atoms with E-state index in [1.807, 2.05) is 6.92 Å². The SMILES string of the molecule is Cc1ccc(OCCC(C)CCS(=O)(=O)Cl)c([N+](=O)[O-])c1. The molecule has 0 N–H and O–H groups in total. The van der Waals surface area contributed by atoms with E-state index in [0.29, 0.717) is 12.8 Å². The van der Waals surface area contributed by atoms with E-state index in [9.17, 15) is 18.5 Å². The van der Waals surface area contributed by atoms with Crippen LogP contribution in [0.25, 0.3) is 0 Å². The van der Waals surface area contributed by atoms with Gasteiger partial charge in [-0.15, -0.1) is 0 Å². The van der Waals surface area contributed by atoms with Gasteiger partial charge in [-0.3, -0.25) is 10.1 Å². The number of ether oxygens (including phenoxy) is 1. The molecule has 0 aromatic heterocycles. The minimum atomic E-state index is -3.48. The fraction of sp³-hybridized carbons (Fsp3) is 0.538. The first-order chi connectivity index (χ1) is 9.69. The van der Waals surface area contributed by atoms with Crippen molar-refractivity contribution in [3.8, 4) is 5.75 Å². The number of nitro benzene ring substituents is 1. The van der Waals surface area contributed by atoms with Crippen molar-refractivity contribution >= 4 is 25.4 Å². The Balaban J connectivity index is 2.51. The summed E-state index contributed by atoms with van der Waals surface area (Å²) in [5.74, 6) is 0.242. The molecule has 0 spiro atoms. The van der Waals surface area contributed by atoms with Gasteiger partial charge in [-0.05, 0) is 37.3 Å². The highest BCUT2D eigenvalue weighted by molar-refractivity contribution is 8.13. The fourth-order valence-electron chi connectivity index (χ4n) is 1.75. The first-order valence-electron chi connectivity index (χ1n) is 6.49. The molecule has 0 amide bonds. The van der Waals surface area contributed by atoms with Gasteiger partial charge in [0, 0.05) is 16.7 Å². The highest BCUT2D eigenvalue weighted by Gasteiger charge is 2.16. The van der Waals surface area contributed by atoms with E-state index < -0.39 is 14.0 Å². The van der Waals surface area contributed by atoms with E-state index >= 15 is 0 Å². The molecule has 0 bridgehead atoms. The Morgan fingerprint density at radius 2 is 2.05 bits per heavy atom. The number of aryl methyl sites for hydroxylation is 1. The van der Waals surface area contributed by atoms with Crippen LogP contribution in [-0.4, -0.2) is 25.7 Å². The molecule has 0 saturated heterocycles. The number of hydrogen-bond acceptors (Lipinski definition) is 5. The van der Waals surface area contributed by atoms with Gasteiger partial charge in [-0.2, -0.15) is 0 Å². The second-order valence-corrected chi connectivity index (χ2v) is 7.90. The average molecular weight is 336 g/mol. The van der Waals surface area contributed by atoms with Gasteiger partial charge in [-0.25, -0.2) is 8.42 Å². The molecular weight excluding hydrogens is 318 g/mol. The van der Waals surface area contributed by atoms with Gasteiger partial charge in [0.2, 0.25) is 9.05 Å². The van der Waals surface area contributed by atoms with Crippen molar-refractivity contribution in [3.05, 3.63) is 33.9 Å². The van der Waals surface area contributed by atoms with E-state index in [4.69, 9.17) is 15.4 Å². The van der Waals surface area contributed by atoms with Crippen LogP contribution in [0.1, 0.15) is 25.3 Å². The Bertz CT molecular complexity index is 603. The third-order valence-electron chi connectivity index (χ3n) is 3.03. The molecule has 0 saturated carbocycles. The lowest BCUT2D eigenvalue weighted by Gasteiger charge is -2.11. The maximum absolute atomic E-state index is 10.9. The van der Waals surface area contributed by atoms with E-state index in [1.165, 1.54) is 6.07 Å². The maximum Gasteiger partial charge on any atom is 0.311 e. The van der Waals surface area contributed by atoms with Crippen LogP contribution < -0.4 is 4.74 Å². The summed E-state index contributed by atoms with van der Waals surface area (Å²) in [5, 5.41) is 10.9. The quantitative estimate of drug-likeness (QED) is 0.413. The maximum atomic E-state index is 10.9. The largest absolute Gasteiger partial charge is 0.487 e. The summed E-state index contributed by atoms with van der Waals surface area (Å²) in [4.78, 5) is 10.4. The summed E-state index contributed by atoms with van der Waals surface area (Å²) >= 11 is 0. The molecule has 0 heterocycles. The zero-order valence-electron chi connectivity index (χ0n) is 11.9. The van der Waals surface area contributed by atoms with Crippen molar-refractivity contribution in [1.29, 1.82) is 0 Å². The number of rotatable bonds is 8. The number of hydrogen-bond donors (Lipinski definition) is 0. The Labute approximate surface area is 128 Å². The van der Waals surface area contributed by atoms with Crippen molar-refractivity contribution < 1.29 is 18.1 Å². The first-order valence-corrected chi connectivity index (χ1v) is 8.97. The minimum absolute atomic E-state index is 0.0639. The molecule has 0 aliphatic carbocycles. The van der Waals surface area contributed by atoms with Crippen LogP contribution >= 0.6 is 10.7 Å². The zero-order valence-corrected chi connectivity index (χ0v) is 13.5. The van der Waals surface area contributed by atoms with Gasteiger partial charge >= 0.3 is 5.69 Å². The van der Waals surface area contributed by atoms with E-state index in [1.54, 1.807) is 19.1 Å². The van der Waals surface area contributed by atoms with Crippen LogP contribution in [0.4, 0.5) is 5.69 Å². The van der Waals surface area contributed by atoms with Crippen LogP contribution in [-0.2, 0) is 9.05 Å². The summed E-state index contributed by atoms with van der Waals surface area (Å²) in [6, 6.07) is 4.77. The first kappa shape index (κ1) is 17.7. The van der Waals surface area contributed by atoms with Crippen LogP contribution in [0.3, 0.4) is 0 Å². The van der Waals surface area contributed by atoms with Gasteiger partial charge < -0.3 is 4.74 Å². The van der Waals surface area contributed by atoms with Crippen LogP contribution in [0, 0.1) is 23.0 Å². The van der Waals surface area contributed by atoms with E-state index in [-0.39, 0.29) is 29.7 Å². The van der Waals surface area contributed by atoms with Crippen molar-refractivity contribution in [2.75, 3.05) is 12.4 Å². The standard InChI is InChI=1S/C13H18ClNO5S/c1-10(6-8-21(14,18)19)5-7-20-13-4-3-11(2)9-12(13)15(16)17/h3-4,9-10H,5-8H2,1-2H3. The number of halogens is 1. The van der Waals surface area contributed by atoms with Gasteiger partial charge in [0.1, 0.15) is 0 Å². The topological polar surface area (TPSA) is 86.5 Å². The molecule has 1 aromatic rings. The lowest BCUT2D eigenvalue weighted by Crippen LogP contribution is -2.09. The minimum Gasteiger partial charge on any atom is -0.487 e. The molecule has 6 nitrogen and oxygen atoms in total. The molecule has 21 heavy (non-hydrogen) atoms. The molecule has 8 heteroatoms. The fourth-order valence-corrected chi connectivity index (χ4v) is 2.70. The predicted octanol–water partition coefficient (Wildman–Crippen LogP) is 3.27. The predicted molar refractivity (Wildman–Crippen MR) is 81.4 cm³/mol. The monoisotopic (exact) mass is 335 g/mol. The Kier molecular flexibility index (Phi) is 6.42. The molecule has 1 unspecified atom stereocenters. The summed E-state index contributed by atoms with van der Waals surface area (Å²) in [7, 11) is 1.67. The molecule has 0 radical (unpaired) electrons. The Hall–Kier alpha value is -1.34. The molecule has 0 fully saturated rings. The lowest BCUT2D eigenvalue weighted by molar-refractivity contribution is -0.385. The molecule has 1 rings (SSSR count). The highest BCUT2D eigenvalue weighted by Crippen LogP contribution is 2.28. The summed E-state index contributed by atoms with van der Waals surface area (Å²) < 4.78 is 27.1. The van der Waals surface area contributed by atoms with E-state index in [2.05, 4.69) is 0 Å². The second kappa shape index (κ2) is 7.61. The van der Waals surface area contributed by atoms with Gasteiger partial charge in [0.05, 0.1) is 17.3 Å². The number of benzene rings is 1. The molecule has 0 aliphatic rings. The molecule has 118 valence electrons. The highest BCUT2D eigenvalue weighted by atomic mass is 35.7. The lowest BCUT2D eigenvalue weighted by atomic mass is 10.1. The van der Waals surface area contributed by atoms with Crippen molar-refractivity contribution in [2.24, 2.45) is 5.92 Å². The Morgan fingerprint density at radius 1 is 1.38 bits per heavy atom. The van der Waals surface area contributed by atoms with Crippen molar-refractivity contribution in [2.45, 2.75) is 26.7 Å². The molecular formula is C13H18ClNO5S. The third-order valence-corrected chi connectivity index (χ3v) is 4.22. The van der Waals surface area contributed by atoms with Crippen LogP contribution in [0.2, 0.25) is 0 Å². The Morgan fingerprint density at radius 3 is 2.62 bits per heavy atom. The van der Waals surface area contributed by atoms with Crippen LogP contribution in [0.5, 0.6) is 5.75 Å². The number of nitro groups is 1. The number of nitrogens with zero attached hydrogens (tertiary/aromatic N) is 1. The molecule has 1 aromatic carbocycles. The smallest absolute Gasteiger partial charge is 0.311 e. The molecule has 1 atom stereocenters. The van der Waals surface area contributed by atoms with E-state index in [0.717, 1.165) is 5.56 Å². The summed E-state index contributed by atoms with van der Waals surface area (Å²) in [6.45, 7) is 3.94. The van der Waals surface area contributed by atoms with Crippen molar-refractivity contribution in [1.82, 2.24) is 0 Å². The van der Waals surface area contributed by atoms with Gasteiger partial charge in [0.25, 0.3) is 0 Å². The summed E-state index contributed by atoms with van der Waals surface area (Å²) in [5.41, 5.74) is 0.723.